The topological polar surface area (TPSA) is 26.3 Å². The molecule has 1 rings (SSSR count). The first-order valence-electron chi connectivity index (χ1n) is 3.85. The summed E-state index contributed by atoms with van der Waals surface area (Å²) < 4.78 is 15.6. The van der Waals surface area contributed by atoms with Crippen LogP contribution in [0.25, 0.3) is 0 Å². The summed E-state index contributed by atoms with van der Waals surface area (Å²) in [6.45, 7) is 0. The Morgan fingerprint density at radius 2 is 2.00 bits per heavy atom. The summed E-state index contributed by atoms with van der Waals surface area (Å²) in [6.07, 6.45) is 1.43. The molecule has 64 valence electrons. The second kappa shape index (κ2) is 5.02. The molecule has 0 heterocycles. The van der Waals surface area contributed by atoms with E-state index in [0.717, 1.165) is 6.42 Å². The Hall–Kier alpha value is -0.720. The molecule has 0 aliphatic heterocycles. The summed E-state index contributed by atoms with van der Waals surface area (Å²) >= 11 is 0. The Morgan fingerprint density at radius 3 is 2.58 bits per heavy atom. The molecule has 12 heavy (non-hydrogen) atoms. The molecule has 0 aliphatic rings. The average Bonchev–Trinajstić information content (AvgIpc) is 2.16. The zero-order chi connectivity index (χ0) is 8.81. The molecule has 2 nitrogen and oxygen atoms in total. The van der Waals surface area contributed by atoms with Crippen LogP contribution in [0.1, 0.15) is 5.56 Å². The maximum absolute atomic E-state index is 10.9. The molecule has 0 N–H and O–H groups in total. The molecule has 0 radical (unpaired) electrons. The lowest BCUT2D eigenvalue weighted by molar-refractivity contribution is 0.414. The molecule has 1 atom stereocenters. The minimum atomic E-state index is -1.45. The SMILES string of the molecule is CO[P+](=O)CCc1ccccc1. The third kappa shape index (κ3) is 3.12. The summed E-state index contributed by atoms with van der Waals surface area (Å²) in [7, 11) is 0.0239. The number of hydrogen-bond acceptors (Lipinski definition) is 2. The lowest BCUT2D eigenvalue weighted by atomic mass is 10.2. The fourth-order valence-corrected chi connectivity index (χ4v) is 1.58. The van der Waals surface area contributed by atoms with Crippen molar-refractivity contribution >= 4 is 8.03 Å². The highest BCUT2D eigenvalue weighted by Gasteiger charge is 2.13. The van der Waals surface area contributed by atoms with E-state index in [2.05, 4.69) is 4.52 Å². The summed E-state index contributed by atoms with van der Waals surface area (Å²) in [5.41, 5.74) is 1.21. The van der Waals surface area contributed by atoms with Crippen LogP contribution in [-0.4, -0.2) is 13.3 Å². The van der Waals surface area contributed by atoms with Crippen molar-refractivity contribution in [3.63, 3.8) is 0 Å². The van der Waals surface area contributed by atoms with E-state index in [0.29, 0.717) is 6.16 Å². The van der Waals surface area contributed by atoms with Crippen LogP contribution in [0.2, 0.25) is 0 Å². The lowest BCUT2D eigenvalue weighted by Crippen LogP contribution is -1.87. The minimum absolute atomic E-state index is 0.607. The third-order valence-corrected chi connectivity index (χ3v) is 2.63. The Balaban J connectivity index is 2.38. The van der Waals surface area contributed by atoms with E-state index in [1.165, 1.54) is 12.7 Å². The highest BCUT2D eigenvalue weighted by molar-refractivity contribution is 7.39. The number of hydrogen-bond donors (Lipinski definition) is 0. The first-order valence-corrected chi connectivity index (χ1v) is 5.22. The van der Waals surface area contributed by atoms with Gasteiger partial charge in [0.1, 0.15) is 0 Å². The van der Waals surface area contributed by atoms with Gasteiger partial charge in [-0.2, -0.15) is 0 Å². The fraction of sp³-hybridized carbons (Fsp3) is 0.333. The molecule has 0 aliphatic carbocycles. The van der Waals surface area contributed by atoms with Gasteiger partial charge in [0, 0.05) is 6.42 Å². The predicted octanol–water partition coefficient (Wildman–Crippen LogP) is 2.62. The molecule has 3 heteroatoms. The molecule has 0 spiro atoms. The number of aryl methyl sites for hydroxylation is 1. The molecule has 0 bridgehead atoms. The van der Waals surface area contributed by atoms with Crippen molar-refractivity contribution < 1.29 is 9.09 Å². The summed E-state index contributed by atoms with van der Waals surface area (Å²) in [5.74, 6) is 0. The summed E-state index contributed by atoms with van der Waals surface area (Å²) in [6, 6.07) is 9.99. The van der Waals surface area contributed by atoms with Crippen molar-refractivity contribution in [2.24, 2.45) is 0 Å². The van der Waals surface area contributed by atoms with E-state index in [4.69, 9.17) is 0 Å². The quantitative estimate of drug-likeness (QED) is 0.670. The van der Waals surface area contributed by atoms with Crippen molar-refractivity contribution in [1.82, 2.24) is 0 Å². The van der Waals surface area contributed by atoms with Gasteiger partial charge in [0.2, 0.25) is 0 Å². The lowest BCUT2D eigenvalue weighted by Gasteiger charge is -1.92. The maximum Gasteiger partial charge on any atom is 0.508 e. The van der Waals surface area contributed by atoms with E-state index in [1.54, 1.807) is 0 Å². The van der Waals surface area contributed by atoms with Gasteiger partial charge in [-0.15, -0.1) is 4.52 Å². The highest BCUT2D eigenvalue weighted by atomic mass is 31.1. The van der Waals surface area contributed by atoms with Crippen LogP contribution >= 0.6 is 8.03 Å². The fourth-order valence-electron chi connectivity index (χ4n) is 0.956. The van der Waals surface area contributed by atoms with Crippen LogP contribution in [0.15, 0.2) is 30.3 Å². The van der Waals surface area contributed by atoms with Crippen LogP contribution in [0, 0.1) is 0 Å². The third-order valence-electron chi connectivity index (χ3n) is 1.63. The van der Waals surface area contributed by atoms with E-state index >= 15 is 0 Å². The standard InChI is InChI=1S/C9H12O2P/c1-11-12(10)8-7-9-5-3-2-4-6-9/h2-6H,7-8H2,1H3/q+1. The minimum Gasteiger partial charge on any atom is -0.150 e. The van der Waals surface area contributed by atoms with Gasteiger partial charge in [0.05, 0.1) is 7.11 Å². The van der Waals surface area contributed by atoms with Crippen LogP contribution in [-0.2, 0) is 15.5 Å². The normalized spacial score (nSPS) is 11.2. The van der Waals surface area contributed by atoms with Crippen molar-refractivity contribution in [3.05, 3.63) is 35.9 Å². The summed E-state index contributed by atoms with van der Waals surface area (Å²) in [4.78, 5) is 0. The van der Waals surface area contributed by atoms with Crippen LogP contribution in [0.5, 0.6) is 0 Å². The van der Waals surface area contributed by atoms with Gasteiger partial charge < -0.3 is 0 Å². The van der Waals surface area contributed by atoms with Gasteiger partial charge in [-0.3, -0.25) is 0 Å². The van der Waals surface area contributed by atoms with E-state index < -0.39 is 8.03 Å². The smallest absolute Gasteiger partial charge is 0.150 e. The largest absolute Gasteiger partial charge is 0.508 e. The zero-order valence-corrected chi connectivity index (χ0v) is 7.96. The maximum atomic E-state index is 10.9. The number of rotatable bonds is 4. The molecule has 0 amide bonds. The second-order valence-electron chi connectivity index (χ2n) is 2.47. The van der Waals surface area contributed by atoms with Gasteiger partial charge in [-0.1, -0.05) is 30.3 Å². The second-order valence-corrected chi connectivity index (χ2v) is 3.95. The van der Waals surface area contributed by atoms with E-state index in [1.807, 2.05) is 30.3 Å². The molecule has 0 saturated heterocycles. The van der Waals surface area contributed by atoms with Crippen LogP contribution in [0.3, 0.4) is 0 Å². The highest BCUT2D eigenvalue weighted by Crippen LogP contribution is 2.21. The van der Waals surface area contributed by atoms with Gasteiger partial charge in [-0.25, -0.2) is 0 Å². The molecule has 0 saturated carbocycles. The van der Waals surface area contributed by atoms with Crippen molar-refractivity contribution in [2.45, 2.75) is 6.42 Å². The van der Waals surface area contributed by atoms with Crippen molar-refractivity contribution in [2.75, 3.05) is 13.3 Å². The van der Waals surface area contributed by atoms with E-state index in [-0.39, 0.29) is 0 Å². The summed E-state index contributed by atoms with van der Waals surface area (Å²) in [5, 5.41) is 0. The molecule has 0 fully saturated rings. The van der Waals surface area contributed by atoms with E-state index in [9.17, 15) is 4.57 Å². The van der Waals surface area contributed by atoms with Gasteiger partial charge >= 0.3 is 8.03 Å². The molecular weight excluding hydrogens is 171 g/mol. The molecule has 1 aromatic rings. The molecule has 1 aromatic carbocycles. The van der Waals surface area contributed by atoms with Gasteiger partial charge in [0.25, 0.3) is 0 Å². The van der Waals surface area contributed by atoms with Crippen LogP contribution in [0.4, 0.5) is 0 Å². The molecular formula is C9H12O2P+. The monoisotopic (exact) mass is 183 g/mol. The van der Waals surface area contributed by atoms with Gasteiger partial charge in [0.15, 0.2) is 6.16 Å². The average molecular weight is 183 g/mol. The molecule has 1 unspecified atom stereocenters. The molecule has 0 aromatic heterocycles. The Labute approximate surface area is 73.4 Å². The number of benzene rings is 1. The van der Waals surface area contributed by atoms with Gasteiger partial charge in [-0.05, 0) is 10.1 Å². The zero-order valence-electron chi connectivity index (χ0n) is 7.06. The Morgan fingerprint density at radius 1 is 1.33 bits per heavy atom. The van der Waals surface area contributed by atoms with Crippen molar-refractivity contribution in [1.29, 1.82) is 0 Å². The predicted molar refractivity (Wildman–Crippen MR) is 49.6 cm³/mol. The first-order chi connectivity index (χ1) is 5.83. The Kier molecular flexibility index (Phi) is 3.92. The van der Waals surface area contributed by atoms with Crippen LogP contribution < -0.4 is 0 Å². The Bertz CT molecular complexity index is 246. The first kappa shape index (κ1) is 9.37. The van der Waals surface area contributed by atoms with Crippen molar-refractivity contribution in [3.8, 4) is 0 Å².